The SMILES string of the molecule is CCCNC(CCC(C)OC)c1ccccc1F. The quantitative estimate of drug-likeness (QED) is 0.763. The van der Waals surface area contributed by atoms with Gasteiger partial charge in [0.25, 0.3) is 0 Å². The fourth-order valence-electron chi connectivity index (χ4n) is 1.96. The first-order valence-corrected chi connectivity index (χ1v) is 6.69. The van der Waals surface area contributed by atoms with E-state index in [4.69, 9.17) is 4.74 Å². The summed E-state index contributed by atoms with van der Waals surface area (Å²) in [6.45, 7) is 5.06. The molecule has 1 N–H and O–H groups in total. The van der Waals surface area contributed by atoms with E-state index in [-0.39, 0.29) is 18.0 Å². The van der Waals surface area contributed by atoms with Crippen molar-refractivity contribution in [2.24, 2.45) is 0 Å². The monoisotopic (exact) mass is 253 g/mol. The van der Waals surface area contributed by atoms with Gasteiger partial charge in [-0.2, -0.15) is 0 Å². The highest BCUT2D eigenvalue weighted by Crippen LogP contribution is 2.22. The van der Waals surface area contributed by atoms with Crippen molar-refractivity contribution >= 4 is 0 Å². The Morgan fingerprint density at radius 1 is 1.28 bits per heavy atom. The van der Waals surface area contributed by atoms with Crippen LogP contribution in [-0.4, -0.2) is 19.8 Å². The molecule has 0 amide bonds. The number of hydrogen-bond donors (Lipinski definition) is 1. The van der Waals surface area contributed by atoms with Gasteiger partial charge < -0.3 is 10.1 Å². The second kappa shape index (κ2) is 8.22. The standard InChI is InChI=1S/C15H24FNO/c1-4-11-17-15(10-9-12(2)18-3)13-7-5-6-8-14(13)16/h5-8,12,15,17H,4,9-11H2,1-3H3. The van der Waals surface area contributed by atoms with Gasteiger partial charge in [0.05, 0.1) is 6.10 Å². The van der Waals surface area contributed by atoms with Crippen LogP contribution in [0.3, 0.4) is 0 Å². The Kier molecular flexibility index (Phi) is 6.91. The van der Waals surface area contributed by atoms with Gasteiger partial charge in [0.2, 0.25) is 0 Å². The van der Waals surface area contributed by atoms with E-state index in [0.29, 0.717) is 0 Å². The lowest BCUT2D eigenvalue weighted by Gasteiger charge is -2.21. The summed E-state index contributed by atoms with van der Waals surface area (Å²) in [6, 6.07) is 7.08. The Labute approximate surface area is 110 Å². The van der Waals surface area contributed by atoms with Gasteiger partial charge in [-0.05, 0) is 38.8 Å². The molecule has 1 aromatic carbocycles. The molecular formula is C15H24FNO. The molecule has 0 heterocycles. The summed E-state index contributed by atoms with van der Waals surface area (Å²) in [5.74, 6) is -0.129. The van der Waals surface area contributed by atoms with Gasteiger partial charge in [-0.25, -0.2) is 4.39 Å². The third-order valence-electron chi connectivity index (χ3n) is 3.19. The lowest BCUT2D eigenvalue weighted by molar-refractivity contribution is 0.106. The molecule has 0 radical (unpaired) electrons. The first kappa shape index (κ1) is 15.1. The Hall–Kier alpha value is -0.930. The Morgan fingerprint density at radius 2 is 2.00 bits per heavy atom. The highest BCUT2D eigenvalue weighted by atomic mass is 19.1. The maximum atomic E-state index is 13.8. The molecule has 1 aromatic rings. The van der Waals surface area contributed by atoms with Crippen molar-refractivity contribution in [1.29, 1.82) is 0 Å². The molecule has 0 aliphatic rings. The van der Waals surface area contributed by atoms with Gasteiger partial charge in [-0.3, -0.25) is 0 Å². The first-order valence-electron chi connectivity index (χ1n) is 6.69. The van der Waals surface area contributed by atoms with Crippen LogP contribution in [0.5, 0.6) is 0 Å². The summed E-state index contributed by atoms with van der Waals surface area (Å²) < 4.78 is 19.1. The Morgan fingerprint density at radius 3 is 2.61 bits per heavy atom. The van der Waals surface area contributed by atoms with Crippen LogP contribution in [0.1, 0.15) is 44.7 Å². The van der Waals surface area contributed by atoms with Crippen molar-refractivity contribution < 1.29 is 9.13 Å². The van der Waals surface area contributed by atoms with Crippen molar-refractivity contribution in [3.05, 3.63) is 35.6 Å². The Bertz CT molecular complexity index is 343. The minimum absolute atomic E-state index is 0.0729. The zero-order valence-electron chi connectivity index (χ0n) is 11.6. The van der Waals surface area contributed by atoms with Crippen LogP contribution in [0.15, 0.2) is 24.3 Å². The summed E-state index contributed by atoms with van der Waals surface area (Å²) in [4.78, 5) is 0. The number of ether oxygens (including phenoxy) is 1. The average molecular weight is 253 g/mol. The third-order valence-corrected chi connectivity index (χ3v) is 3.19. The van der Waals surface area contributed by atoms with Crippen LogP contribution >= 0.6 is 0 Å². The van der Waals surface area contributed by atoms with Crippen LogP contribution in [0.4, 0.5) is 4.39 Å². The van der Waals surface area contributed by atoms with Crippen LogP contribution < -0.4 is 5.32 Å². The van der Waals surface area contributed by atoms with Gasteiger partial charge >= 0.3 is 0 Å². The second-order valence-electron chi connectivity index (χ2n) is 4.65. The van der Waals surface area contributed by atoms with E-state index in [1.54, 1.807) is 13.2 Å². The largest absolute Gasteiger partial charge is 0.382 e. The molecule has 2 atom stereocenters. The van der Waals surface area contributed by atoms with Gasteiger partial charge in [-0.1, -0.05) is 25.1 Å². The summed E-state index contributed by atoms with van der Waals surface area (Å²) in [6.07, 6.45) is 3.06. The number of halogens is 1. The minimum Gasteiger partial charge on any atom is -0.382 e. The Balaban J connectivity index is 2.68. The molecule has 0 aliphatic carbocycles. The molecule has 0 aliphatic heterocycles. The summed E-state index contributed by atoms with van der Waals surface area (Å²) in [5, 5.41) is 3.41. The molecule has 0 spiro atoms. The molecule has 3 heteroatoms. The third kappa shape index (κ3) is 4.75. The minimum atomic E-state index is -0.129. The molecule has 1 rings (SSSR count). The van der Waals surface area contributed by atoms with E-state index in [9.17, 15) is 4.39 Å². The summed E-state index contributed by atoms with van der Waals surface area (Å²) >= 11 is 0. The average Bonchev–Trinajstić information content (AvgIpc) is 2.39. The van der Waals surface area contributed by atoms with Crippen molar-refractivity contribution in [2.45, 2.75) is 45.3 Å². The van der Waals surface area contributed by atoms with E-state index >= 15 is 0 Å². The second-order valence-corrected chi connectivity index (χ2v) is 4.65. The van der Waals surface area contributed by atoms with Crippen LogP contribution in [0.2, 0.25) is 0 Å². The maximum Gasteiger partial charge on any atom is 0.127 e. The fourth-order valence-corrected chi connectivity index (χ4v) is 1.96. The van der Waals surface area contributed by atoms with Crippen molar-refractivity contribution in [1.82, 2.24) is 5.32 Å². The van der Waals surface area contributed by atoms with Gasteiger partial charge in [0, 0.05) is 18.7 Å². The van der Waals surface area contributed by atoms with E-state index in [1.807, 2.05) is 19.1 Å². The lowest BCUT2D eigenvalue weighted by Crippen LogP contribution is -2.24. The molecule has 0 fully saturated rings. The summed E-state index contributed by atoms with van der Waals surface area (Å²) in [7, 11) is 1.71. The number of nitrogens with one attached hydrogen (secondary N) is 1. The number of rotatable bonds is 8. The van der Waals surface area contributed by atoms with Gasteiger partial charge in [-0.15, -0.1) is 0 Å². The molecule has 0 saturated heterocycles. The molecule has 0 aromatic heterocycles. The number of benzene rings is 1. The van der Waals surface area contributed by atoms with Crippen molar-refractivity contribution in [3.63, 3.8) is 0 Å². The maximum absolute atomic E-state index is 13.8. The first-order chi connectivity index (χ1) is 8.69. The lowest BCUT2D eigenvalue weighted by atomic mass is 9.99. The fraction of sp³-hybridized carbons (Fsp3) is 0.600. The predicted molar refractivity (Wildman–Crippen MR) is 73.1 cm³/mol. The molecule has 0 bridgehead atoms. The molecule has 102 valence electrons. The highest BCUT2D eigenvalue weighted by molar-refractivity contribution is 5.21. The van der Waals surface area contributed by atoms with Gasteiger partial charge in [0.1, 0.15) is 5.82 Å². The normalized spacial score (nSPS) is 14.4. The smallest absolute Gasteiger partial charge is 0.127 e. The zero-order valence-corrected chi connectivity index (χ0v) is 11.6. The van der Waals surface area contributed by atoms with Crippen molar-refractivity contribution in [2.75, 3.05) is 13.7 Å². The molecule has 18 heavy (non-hydrogen) atoms. The molecule has 2 nitrogen and oxygen atoms in total. The van der Waals surface area contributed by atoms with E-state index < -0.39 is 0 Å². The van der Waals surface area contributed by atoms with E-state index in [0.717, 1.165) is 31.4 Å². The highest BCUT2D eigenvalue weighted by Gasteiger charge is 2.15. The molecular weight excluding hydrogens is 229 g/mol. The predicted octanol–water partition coefficient (Wildman–Crippen LogP) is 3.68. The van der Waals surface area contributed by atoms with Gasteiger partial charge in [0.15, 0.2) is 0 Å². The summed E-state index contributed by atoms with van der Waals surface area (Å²) in [5.41, 5.74) is 0.759. The van der Waals surface area contributed by atoms with Crippen LogP contribution in [0.25, 0.3) is 0 Å². The van der Waals surface area contributed by atoms with E-state index in [2.05, 4.69) is 12.2 Å². The molecule has 0 saturated carbocycles. The van der Waals surface area contributed by atoms with E-state index in [1.165, 1.54) is 6.07 Å². The number of methoxy groups -OCH3 is 1. The van der Waals surface area contributed by atoms with Crippen LogP contribution in [-0.2, 0) is 4.74 Å². The molecule has 2 unspecified atom stereocenters. The number of hydrogen-bond acceptors (Lipinski definition) is 2. The van der Waals surface area contributed by atoms with Crippen molar-refractivity contribution in [3.8, 4) is 0 Å². The topological polar surface area (TPSA) is 21.3 Å². The van der Waals surface area contributed by atoms with Crippen LogP contribution in [0, 0.1) is 5.82 Å². The zero-order chi connectivity index (χ0) is 13.4.